The molecule has 0 radical (unpaired) electrons. The quantitative estimate of drug-likeness (QED) is 0.658. The first kappa shape index (κ1) is 14.3. The molecule has 2 N–H and O–H groups in total. The van der Waals surface area contributed by atoms with Crippen LogP contribution in [0.5, 0.6) is 5.75 Å². The Balaban J connectivity index is 2.26. The van der Waals surface area contributed by atoms with E-state index in [1.54, 1.807) is 13.0 Å². The molecule has 0 saturated heterocycles. The van der Waals surface area contributed by atoms with Crippen LogP contribution in [0.3, 0.4) is 0 Å². The zero-order chi connectivity index (χ0) is 15.4. The normalized spacial score (nSPS) is 9.90. The number of hydrogen-bond acceptors (Lipinski definition) is 6. The molecule has 0 aliphatic rings. The Hall–Kier alpha value is -3.14. The molecule has 7 heteroatoms. The van der Waals surface area contributed by atoms with Crippen molar-refractivity contribution in [1.29, 1.82) is 5.26 Å². The van der Waals surface area contributed by atoms with E-state index >= 15 is 0 Å². The van der Waals surface area contributed by atoms with Gasteiger partial charge in [-0.25, -0.2) is 0 Å². The number of pyridine rings is 1. The zero-order valence-electron chi connectivity index (χ0n) is 11.2. The molecule has 0 unspecified atom stereocenters. The SMILES string of the molecule is Cc1ccc(O)c(CNc2ccc(C#N)cc2[N+](=O)[O-])n1. The van der Waals surface area contributed by atoms with Gasteiger partial charge in [-0.3, -0.25) is 15.1 Å². The highest BCUT2D eigenvalue weighted by molar-refractivity contribution is 5.64. The summed E-state index contributed by atoms with van der Waals surface area (Å²) in [5.41, 5.74) is 1.42. The first-order valence-electron chi connectivity index (χ1n) is 6.09. The number of anilines is 1. The van der Waals surface area contributed by atoms with Crippen molar-refractivity contribution in [2.75, 3.05) is 5.32 Å². The summed E-state index contributed by atoms with van der Waals surface area (Å²) in [7, 11) is 0. The largest absolute Gasteiger partial charge is 0.506 e. The van der Waals surface area contributed by atoms with Crippen LogP contribution < -0.4 is 5.32 Å². The van der Waals surface area contributed by atoms with Gasteiger partial charge in [0.05, 0.1) is 23.1 Å². The van der Waals surface area contributed by atoms with E-state index in [1.165, 1.54) is 24.3 Å². The number of rotatable bonds is 4. The maximum Gasteiger partial charge on any atom is 0.293 e. The molecule has 0 aliphatic heterocycles. The van der Waals surface area contributed by atoms with Crippen LogP contribution in [0.2, 0.25) is 0 Å². The van der Waals surface area contributed by atoms with E-state index in [9.17, 15) is 15.2 Å². The fourth-order valence-corrected chi connectivity index (χ4v) is 1.81. The van der Waals surface area contributed by atoms with Crippen LogP contribution in [0.1, 0.15) is 17.0 Å². The summed E-state index contributed by atoms with van der Waals surface area (Å²) >= 11 is 0. The average Bonchev–Trinajstić information content (AvgIpc) is 2.48. The van der Waals surface area contributed by atoms with Crippen molar-refractivity contribution in [2.45, 2.75) is 13.5 Å². The standard InChI is InChI=1S/C14H12N4O3/c1-9-2-5-14(19)12(17-9)8-16-11-4-3-10(7-15)6-13(11)18(20)21/h2-6,16,19H,8H2,1H3. The molecule has 0 atom stereocenters. The van der Waals surface area contributed by atoms with E-state index < -0.39 is 4.92 Å². The van der Waals surface area contributed by atoms with Crippen LogP contribution in [0.15, 0.2) is 30.3 Å². The fraction of sp³-hybridized carbons (Fsp3) is 0.143. The number of aromatic hydroxyl groups is 1. The molecule has 2 rings (SSSR count). The summed E-state index contributed by atoms with van der Waals surface area (Å²) in [6.07, 6.45) is 0. The third kappa shape index (κ3) is 3.25. The Kier molecular flexibility index (Phi) is 4.00. The van der Waals surface area contributed by atoms with E-state index in [4.69, 9.17) is 5.26 Å². The van der Waals surface area contributed by atoms with Crippen LogP contribution in [-0.2, 0) is 6.54 Å². The smallest absolute Gasteiger partial charge is 0.293 e. The van der Waals surface area contributed by atoms with Gasteiger partial charge in [0.2, 0.25) is 0 Å². The highest BCUT2D eigenvalue weighted by Gasteiger charge is 2.15. The Morgan fingerprint density at radius 2 is 2.19 bits per heavy atom. The van der Waals surface area contributed by atoms with Gasteiger partial charge in [0.1, 0.15) is 17.1 Å². The van der Waals surface area contributed by atoms with Crippen molar-refractivity contribution in [3.63, 3.8) is 0 Å². The lowest BCUT2D eigenvalue weighted by Crippen LogP contribution is -2.05. The molecule has 0 spiro atoms. The molecular weight excluding hydrogens is 272 g/mol. The lowest BCUT2D eigenvalue weighted by molar-refractivity contribution is -0.384. The summed E-state index contributed by atoms with van der Waals surface area (Å²) < 4.78 is 0. The highest BCUT2D eigenvalue weighted by Crippen LogP contribution is 2.26. The number of aromatic nitrogens is 1. The molecule has 0 saturated carbocycles. The Bertz CT molecular complexity index is 737. The van der Waals surface area contributed by atoms with Crippen LogP contribution in [-0.4, -0.2) is 15.0 Å². The number of hydrogen-bond donors (Lipinski definition) is 2. The topological polar surface area (TPSA) is 112 Å². The summed E-state index contributed by atoms with van der Waals surface area (Å²) in [4.78, 5) is 14.6. The molecule has 1 aromatic carbocycles. The predicted molar refractivity (Wildman–Crippen MR) is 75.8 cm³/mol. The second kappa shape index (κ2) is 5.88. The van der Waals surface area contributed by atoms with E-state index in [0.29, 0.717) is 5.69 Å². The minimum atomic E-state index is -0.563. The number of nitrogens with one attached hydrogen (secondary N) is 1. The Labute approximate surface area is 120 Å². The Morgan fingerprint density at radius 3 is 2.86 bits per heavy atom. The van der Waals surface area contributed by atoms with Gasteiger partial charge in [-0.2, -0.15) is 5.26 Å². The predicted octanol–water partition coefficient (Wildman–Crippen LogP) is 2.49. The van der Waals surface area contributed by atoms with Gasteiger partial charge in [0, 0.05) is 11.8 Å². The van der Waals surface area contributed by atoms with Crippen molar-refractivity contribution in [3.8, 4) is 11.8 Å². The van der Waals surface area contributed by atoms with Gasteiger partial charge in [-0.05, 0) is 31.2 Å². The van der Waals surface area contributed by atoms with Crippen molar-refractivity contribution < 1.29 is 10.0 Å². The van der Waals surface area contributed by atoms with Crippen LogP contribution in [0.25, 0.3) is 0 Å². The van der Waals surface area contributed by atoms with E-state index in [2.05, 4.69) is 10.3 Å². The Morgan fingerprint density at radius 1 is 1.43 bits per heavy atom. The van der Waals surface area contributed by atoms with Gasteiger partial charge in [-0.1, -0.05) is 0 Å². The molecule has 21 heavy (non-hydrogen) atoms. The monoisotopic (exact) mass is 284 g/mol. The van der Waals surface area contributed by atoms with Gasteiger partial charge in [0.25, 0.3) is 5.69 Å². The second-order valence-corrected chi connectivity index (χ2v) is 4.37. The number of nitriles is 1. The summed E-state index contributed by atoms with van der Waals surface area (Å²) in [6, 6.07) is 9.19. The number of nitrogens with zero attached hydrogens (tertiary/aromatic N) is 3. The lowest BCUT2D eigenvalue weighted by Gasteiger charge is -2.08. The van der Waals surface area contributed by atoms with Crippen molar-refractivity contribution in [1.82, 2.24) is 4.98 Å². The number of benzene rings is 1. The summed E-state index contributed by atoms with van der Waals surface area (Å²) in [5.74, 6) is 0.0180. The molecule has 1 heterocycles. The van der Waals surface area contributed by atoms with Crippen molar-refractivity contribution >= 4 is 11.4 Å². The summed E-state index contributed by atoms with van der Waals surface area (Å²) in [5, 5.41) is 32.3. The molecule has 7 nitrogen and oxygen atoms in total. The summed E-state index contributed by atoms with van der Waals surface area (Å²) in [6.45, 7) is 1.92. The fourth-order valence-electron chi connectivity index (χ4n) is 1.81. The maximum atomic E-state index is 11.0. The van der Waals surface area contributed by atoms with Gasteiger partial charge in [-0.15, -0.1) is 0 Å². The van der Waals surface area contributed by atoms with E-state index in [-0.39, 0.29) is 29.2 Å². The van der Waals surface area contributed by atoms with Gasteiger partial charge in [0.15, 0.2) is 0 Å². The maximum absolute atomic E-state index is 11.0. The third-order valence-electron chi connectivity index (χ3n) is 2.86. The minimum absolute atomic E-state index is 0.0180. The third-order valence-corrected chi connectivity index (χ3v) is 2.86. The first-order chi connectivity index (χ1) is 10.0. The van der Waals surface area contributed by atoms with E-state index in [1.807, 2.05) is 6.07 Å². The molecule has 1 aromatic heterocycles. The van der Waals surface area contributed by atoms with Crippen LogP contribution in [0, 0.1) is 28.4 Å². The van der Waals surface area contributed by atoms with E-state index in [0.717, 1.165) is 5.69 Å². The first-order valence-corrected chi connectivity index (χ1v) is 6.09. The van der Waals surface area contributed by atoms with Crippen molar-refractivity contribution in [2.24, 2.45) is 0 Å². The molecule has 2 aromatic rings. The molecule has 0 bridgehead atoms. The van der Waals surface area contributed by atoms with Gasteiger partial charge >= 0.3 is 0 Å². The molecule has 0 aliphatic carbocycles. The zero-order valence-corrected chi connectivity index (χ0v) is 11.2. The van der Waals surface area contributed by atoms with Crippen molar-refractivity contribution in [3.05, 3.63) is 57.4 Å². The lowest BCUT2D eigenvalue weighted by atomic mass is 10.2. The highest BCUT2D eigenvalue weighted by atomic mass is 16.6. The van der Waals surface area contributed by atoms with Gasteiger partial charge < -0.3 is 10.4 Å². The van der Waals surface area contributed by atoms with Crippen LogP contribution >= 0.6 is 0 Å². The number of nitro groups is 1. The molecular formula is C14H12N4O3. The number of nitro benzene ring substituents is 1. The second-order valence-electron chi connectivity index (χ2n) is 4.37. The van der Waals surface area contributed by atoms with Crippen LogP contribution in [0.4, 0.5) is 11.4 Å². The molecule has 0 fully saturated rings. The number of aryl methyl sites for hydroxylation is 1. The minimum Gasteiger partial charge on any atom is -0.506 e. The average molecular weight is 284 g/mol. The molecule has 106 valence electrons. The molecule has 0 amide bonds.